The summed E-state index contributed by atoms with van der Waals surface area (Å²) in [6.45, 7) is 0. The smallest absolute Gasteiger partial charge is 0.340 e. The zero-order chi connectivity index (χ0) is 19.6. The molecule has 1 N–H and O–H groups in total. The predicted molar refractivity (Wildman–Crippen MR) is 96.8 cm³/mol. The lowest BCUT2D eigenvalue weighted by atomic mass is 10.1. The molecule has 1 amide bonds. The molecule has 0 bridgehead atoms. The van der Waals surface area contributed by atoms with Crippen molar-refractivity contribution in [2.45, 2.75) is 12.3 Å². The summed E-state index contributed by atoms with van der Waals surface area (Å²) < 4.78 is 29.1. The molecule has 2 aromatic carbocycles. The topological polar surface area (TPSA) is 73.9 Å². The fourth-order valence-electron chi connectivity index (χ4n) is 3.09. The predicted octanol–water partition coefficient (Wildman–Crippen LogP) is 3.37. The Morgan fingerprint density at radius 3 is 2.37 bits per heavy atom. The first-order chi connectivity index (χ1) is 13.0. The van der Waals surface area contributed by atoms with E-state index >= 15 is 0 Å². The highest BCUT2D eigenvalue weighted by Crippen LogP contribution is 2.49. The van der Waals surface area contributed by atoms with Crippen molar-refractivity contribution in [3.8, 4) is 11.5 Å². The number of carbonyl (C=O) groups is 2. The summed E-state index contributed by atoms with van der Waals surface area (Å²) in [5.74, 6) is -1.06. The van der Waals surface area contributed by atoms with E-state index in [0.717, 1.165) is 0 Å². The van der Waals surface area contributed by atoms with E-state index in [1.54, 1.807) is 18.2 Å². The molecule has 0 unspecified atom stereocenters. The zero-order valence-electron chi connectivity index (χ0n) is 15.2. The third-order valence-electron chi connectivity index (χ3n) is 4.62. The van der Waals surface area contributed by atoms with Crippen LogP contribution in [0.15, 0.2) is 36.4 Å². The maximum absolute atomic E-state index is 13.9. The number of hydrogen-bond donors (Lipinski definition) is 1. The van der Waals surface area contributed by atoms with Crippen molar-refractivity contribution < 1.29 is 28.2 Å². The Hall–Kier alpha value is -3.09. The van der Waals surface area contributed by atoms with Crippen molar-refractivity contribution in [3.05, 3.63) is 53.3 Å². The first kappa shape index (κ1) is 18.7. The van der Waals surface area contributed by atoms with Gasteiger partial charge < -0.3 is 19.5 Å². The fourth-order valence-corrected chi connectivity index (χ4v) is 3.09. The molecular formula is C20H20FNO5. The molecule has 0 aromatic heterocycles. The molecular weight excluding hydrogens is 353 g/mol. The van der Waals surface area contributed by atoms with Crippen LogP contribution in [-0.4, -0.2) is 33.2 Å². The van der Waals surface area contributed by atoms with Crippen LogP contribution in [0.5, 0.6) is 11.5 Å². The van der Waals surface area contributed by atoms with Gasteiger partial charge in [0.1, 0.15) is 5.82 Å². The molecule has 2 atom stereocenters. The lowest BCUT2D eigenvalue weighted by Gasteiger charge is -2.14. The summed E-state index contributed by atoms with van der Waals surface area (Å²) >= 11 is 0. The Morgan fingerprint density at radius 2 is 1.74 bits per heavy atom. The van der Waals surface area contributed by atoms with E-state index in [1.165, 1.54) is 39.5 Å². The molecule has 142 valence electrons. The normalized spacial score (nSPS) is 17.8. The van der Waals surface area contributed by atoms with Crippen LogP contribution in [0.1, 0.15) is 28.3 Å². The lowest BCUT2D eigenvalue weighted by Crippen LogP contribution is -2.18. The number of nitrogens with one attached hydrogen (secondary N) is 1. The molecule has 0 heterocycles. The molecule has 6 nitrogen and oxygen atoms in total. The van der Waals surface area contributed by atoms with Crippen molar-refractivity contribution in [2.75, 3.05) is 26.6 Å². The number of ether oxygens (including phenoxy) is 3. The van der Waals surface area contributed by atoms with Gasteiger partial charge in [-0.05, 0) is 24.0 Å². The van der Waals surface area contributed by atoms with Gasteiger partial charge in [-0.1, -0.05) is 18.2 Å². The lowest BCUT2D eigenvalue weighted by molar-refractivity contribution is -0.117. The molecule has 0 aliphatic heterocycles. The maximum atomic E-state index is 13.9. The Bertz CT molecular complexity index is 883. The van der Waals surface area contributed by atoms with Gasteiger partial charge in [0.25, 0.3) is 0 Å². The number of benzene rings is 2. The highest BCUT2D eigenvalue weighted by Gasteiger charge is 2.45. The van der Waals surface area contributed by atoms with Crippen LogP contribution in [0, 0.1) is 11.7 Å². The van der Waals surface area contributed by atoms with Crippen molar-refractivity contribution in [1.29, 1.82) is 0 Å². The second kappa shape index (κ2) is 7.65. The monoisotopic (exact) mass is 373 g/mol. The van der Waals surface area contributed by atoms with Gasteiger partial charge in [-0.25, -0.2) is 9.18 Å². The molecule has 1 aliphatic carbocycles. The number of rotatable bonds is 6. The third kappa shape index (κ3) is 3.72. The molecule has 0 saturated heterocycles. The van der Waals surface area contributed by atoms with E-state index in [2.05, 4.69) is 5.32 Å². The van der Waals surface area contributed by atoms with E-state index in [1.807, 2.05) is 0 Å². The minimum absolute atomic E-state index is 0.145. The van der Waals surface area contributed by atoms with Crippen LogP contribution >= 0.6 is 0 Å². The van der Waals surface area contributed by atoms with E-state index in [4.69, 9.17) is 14.2 Å². The van der Waals surface area contributed by atoms with E-state index < -0.39 is 5.97 Å². The molecule has 27 heavy (non-hydrogen) atoms. The first-order valence-electron chi connectivity index (χ1n) is 8.39. The van der Waals surface area contributed by atoms with Crippen molar-refractivity contribution in [3.63, 3.8) is 0 Å². The first-order valence-corrected chi connectivity index (χ1v) is 8.39. The second-order valence-electron chi connectivity index (χ2n) is 6.20. The van der Waals surface area contributed by atoms with Crippen LogP contribution < -0.4 is 14.8 Å². The van der Waals surface area contributed by atoms with Crippen molar-refractivity contribution in [2.24, 2.45) is 5.92 Å². The number of methoxy groups -OCH3 is 3. The zero-order valence-corrected chi connectivity index (χ0v) is 15.2. The molecule has 1 aliphatic rings. The minimum Gasteiger partial charge on any atom is -0.493 e. The number of hydrogen-bond acceptors (Lipinski definition) is 5. The summed E-state index contributed by atoms with van der Waals surface area (Å²) in [5, 5.41) is 2.74. The molecule has 3 rings (SSSR count). The van der Waals surface area contributed by atoms with Gasteiger partial charge in [0.05, 0.1) is 32.6 Å². The summed E-state index contributed by atoms with van der Waals surface area (Å²) in [4.78, 5) is 24.7. The standard InChI is InChI=1S/C20H20FNO5/c1-25-17-9-14(20(24)27-3)16(10-18(17)26-2)22-19(23)13-8-12(13)11-6-4-5-7-15(11)21/h4-7,9-10,12-13H,8H2,1-3H3,(H,22,23)/t12-,13-/m0/s1. The summed E-state index contributed by atoms with van der Waals surface area (Å²) in [6.07, 6.45) is 0.549. The maximum Gasteiger partial charge on any atom is 0.340 e. The summed E-state index contributed by atoms with van der Waals surface area (Å²) in [7, 11) is 4.15. The Labute approximate surface area is 156 Å². The van der Waals surface area contributed by atoms with Gasteiger partial charge in [0.15, 0.2) is 11.5 Å². The molecule has 2 aromatic rings. The average molecular weight is 373 g/mol. The van der Waals surface area contributed by atoms with E-state index in [-0.39, 0.29) is 34.8 Å². The molecule has 1 fully saturated rings. The van der Waals surface area contributed by atoms with Crippen LogP contribution in [-0.2, 0) is 9.53 Å². The SMILES string of the molecule is COC(=O)c1cc(OC)c(OC)cc1NC(=O)[C@H]1C[C@H]1c1ccccc1F. The van der Waals surface area contributed by atoms with Gasteiger partial charge in [-0.15, -0.1) is 0 Å². The van der Waals surface area contributed by atoms with Crippen LogP contribution in [0.25, 0.3) is 0 Å². The van der Waals surface area contributed by atoms with Gasteiger partial charge in [0.2, 0.25) is 5.91 Å². The molecule has 7 heteroatoms. The van der Waals surface area contributed by atoms with E-state index in [9.17, 15) is 14.0 Å². The highest BCUT2D eigenvalue weighted by atomic mass is 19.1. The minimum atomic E-state index is -0.618. The largest absolute Gasteiger partial charge is 0.493 e. The van der Waals surface area contributed by atoms with Crippen molar-refractivity contribution >= 4 is 17.6 Å². The molecule has 0 spiro atoms. The third-order valence-corrected chi connectivity index (χ3v) is 4.62. The Balaban J connectivity index is 1.83. The molecule has 0 radical (unpaired) electrons. The van der Waals surface area contributed by atoms with Gasteiger partial charge in [-0.2, -0.15) is 0 Å². The van der Waals surface area contributed by atoms with Gasteiger partial charge in [0, 0.05) is 18.1 Å². The molecule has 1 saturated carbocycles. The Kier molecular flexibility index (Phi) is 5.30. The number of esters is 1. The highest BCUT2D eigenvalue weighted by molar-refractivity contribution is 6.03. The second-order valence-corrected chi connectivity index (χ2v) is 6.20. The van der Waals surface area contributed by atoms with Gasteiger partial charge >= 0.3 is 5.97 Å². The van der Waals surface area contributed by atoms with Crippen LogP contribution in [0.4, 0.5) is 10.1 Å². The van der Waals surface area contributed by atoms with E-state index in [0.29, 0.717) is 23.5 Å². The number of anilines is 1. The van der Waals surface area contributed by atoms with Crippen LogP contribution in [0.3, 0.4) is 0 Å². The van der Waals surface area contributed by atoms with Crippen molar-refractivity contribution in [1.82, 2.24) is 0 Å². The summed E-state index contributed by atoms with van der Waals surface area (Å²) in [6, 6.07) is 9.37. The summed E-state index contributed by atoms with van der Waals surface area (Å²) in [5.41, 5.74) is 0.924. The number of amides is 1. The van der Waals surface area contributed by atoms with Crippen LogP contribution in [0.2, 0.25) is 0 Å². The quantitative estimate of drug-likeness (QED) is 0.786. The number of halogens is 1. The average Bonchev–Trinajstić information content (AvgIpc) is 3.48. The fraction of sp³-hybridized carbons (Fsp3) is 0.300. The Morgan fingerprint density at radius 1 is 1.07 bits per heavy atom. The number of carbonyl (C=O) groups excluding carboxylic acids is 2. The van der Waals surface area contributed by atoms with Gasteiger partial charge in [-0.3, -0.25) is 4.79 Å².